The molecule has 6 nitrogen and oxygen atoms in total. The molecule has 0 saturated heterocycles. The molecule has 0 rings (SSSR count). The van der Waals surface area contributed by atoms with Crippen LogP contribution < -0.4 is 0 Å². The van der Waals surface area contributed by atoms with Crippen molar-refractivity contribution in [2.45, 2.75) is 245 Å². The fraction of sp³-hybridized carbons (Fsp3) is 0.597. The average Bonchev–Trinajstić information content (AvgIpc) is 3.39. The van der Waals surface area contributed by atoms with Crippen molar-refractivity contribution in [3.05, 3.63) is 146 Å². The third-order valence-corrected chi connectivity index (χ3v) is 11.8. The highest BCUT2D eigenvalue weighted by Crippen LogP contribution is 2.14. The van der Waals surface area contributed by atoms with Crippen LogP contribution in [0.5, 0.6) is 0 Å². The molecule has 0 aliphatic carbocycles. The lowest BCUT2D eigenvalue weighted by atomic mass is 10.0. The number of rotatable bonds is 51. The van der Waals surface area contributed by atoms with Crippen LogP contribution in [0, 0.1) is 0 Å². The van der Waals surface area contributed by atoms with Crippen molar-refractivity contribution >= 4 is 17.9 Å². The van der Waals surface area contributed by atoms with Gasteiger partial charge in [-0.1, -0.05) is 244 Å². The van der Waals surface area contributed by atoms with E-state index in [0.29, 0.717) is 12.8 Å². The van der Waals surface area contributed by atoms with E-state index in [1.165, 1.54) is 57.8 Å². The predicted molar refractivity (Wildman–Crippen MR) is 315 cm³/mol. The largest absolute Gasteiger partial charge is 0.462 e. The lowest BCUT2D eigenvalue weighted by molar-refractivity contribution is -0.166. The Kier molecular flexibility index (Phi) is 56.0. The first-order valence-corrected chi connectivity index (χ1v) is 29.3. The highest BCUT2D eigenvalue weighted by molar-refractivity contribution is 5.71. The van der Waals surface area contributed by atoms with Crippen molar-refractivity contribution in [1.29, 1.82) is 0 Å². The molecule has 410 valence electrons. The molecule has 1 unspecified atom stereocenters. The van der Waals surface area contributed by atoms with Gasteiger partial charge in [0.15, 0.2) is 6.10 Å². The number of ether oxygens (including phenoxy) is 3. The monoisotopic (exact) mass is 1010 g/mol. The fourth-order valence-electron chi connectivity index (χ4n) is 7.56. The summed E-state index contributed by atoms with van der Waals surface area (Å²) < 4.78 is 16.8. The fourth-order valence-corrected chi connectivity index (χ4v) is 7.56. The zero-order valence-electron chi connectivity index (χ0n) is 46.8. The van der Waals surface area contributed by atoms with E-state index in [1.807, 2.05) is 12.2 Å². The summed E-state index contributed by atoms with van der Waals surface area (Å²) in [5.74, 6) is -1.02. The maximum absolute atomic E-state index is 12.8. The van der Waals surface area contributed by atoms with Gasteiger partial charge >= 0.3 is 17.9 Å². The van der Waals surface area contributed by atoms with Gasteiger partial charge in [-0.25, -0.2) is 0 Å². The van der Waals surface area contributed by atoms with Gasteiger partial charge in [0.05, 0.1) is 0 Å². The van der Waals surface area contributed by atoms with Crippen LogP contribution in [0.3, 0.4) is 0 Å². The Morgan fingerprint density at radius 2 is 0.521 bits per heavy atom. The molecule has 0 fully saturated rings. The first-order valence-electron chi connectivity index (χ1n) is 29.3. The second kappa shape index (κ2) is 59.8. The number of esters is 3. The topological polar surface area (TPSA) is 78.9 Å². The van der Waals surface area contributed by atoms with Gasteiger partial charge < -0.3 is 14.2 Å². The molecule has 0 amide bonds. The van der Waals surface area contributed by atoms with E-state index in [4.69, 9.17) is 14.2 Å². The van der Waals surface area contributed by atoms with Crippen LogP contribution in [0.2, 0.25) is 0 Å². The lowest BCUT2D eigenvalue weighted by Crippen LogP contribution is -2.30. The van der Waals surface area contributed by atoms with Crippen molar-refractivity contribution < 1.29 is 28.6 Å². The van der Waals surface area contributed by atoms with Crippen LogP contribution in [0.1, 0.15) is 239 Å². The minimum absolute atomic E-state index is 0.114. The molecule has 73 heavy (non-hydrogen) atoms. The highest BCUT2D eigenvalue weighted by atomic mass is 16.6. The molecule has 6 heteroatoms. The van der Waals surface area contributed by atoms with E-state index < -0.39 is 6.10 Å². The first-order chi connectivity index (χ1) is 36.0. The van der Waals surface area contributed by atoms with Crippen LogP contribution >= 0.6 is 0 Å². The Bertz CT molecular complexity index is 1630. The lowest BCUT2D eigenvalue weighted by Gasteiger charge is -2.18. The zero-order chi connectivity index (χ0) is 52.9. The average molecular weight is 1010 g/mol. The van der Waals surface area contributed by atoms with Gasteiger partial charge in [-0.2, -0.15) is 0 Å². The second-order valence-corrected chi connectivity index (χ2v) is 18.8. The van der Waals surface area contributed by atoms with E-state index in [1.54, 1.807) is 0 Å². The maximum Gasteiger partial charge on any atom is 0.306 e. The summed E-state index contributed by atoms with van der Waals surface area (Å²) in [7, 11) is 0. The Labute approximate surface area is 448 Å². The van der Waals surface area contributed by atoms with E-state index in [0.717, 1.165) is 135 Å². The van der Waals surface area contributed by atoms with Gasteiger partial charge in [-0.3, -0.25) is 14.4 Å². The zero-order valence-corrected chi connectivity index (χ0v) is 46.8. The van der Waals surface area contributed by atoms with E-state index in [9.17, 15) is 14.4 Å². The van der Waals surface area contributed by atoms with Crippen LogP contribution in [-0.2, 0) is 28.6 Å². The minimum atomic E-state index is -0.823. The SMILES string of the molecule is CC/C=C\C/C=C\C/C=C\C/C=C\C/C=C\CCCCCCCCCCCCCC(=O)OCC(COC(=O)CC/C=C\C/C=C\C/C=C\C/C=C\CC)OC(=O)CCCCCCC/C=C\C/C=C\C/C=C\CC. The third-order valence-electron chi connectivity index (χ3n) is 11.8. The second-order valence-electron chi connectivity index (χ2n) is 18.8. The number of hydrogen-bond donors (Lipinski definition) is 0. The molecule has 0 spiro atoms. The number of carbonyl (C=O) groups is 3. The van der Waals surface area contributed by atoms with Gasteiger partial charge in [-0.05, 0) is 122 Å². The van der Waals surface area contributed by atoms with Gasteiger partial charge in [0.2, 0.25) is 0 Å². The summed E-state index contributed by atoms with van der Waals surface area (Å²) >= 11 is 0. The number of allylic oxidation sites excluding steroid dienone is 24. The van der Waals surface area contributed by atoms with Gasteiger partial charge in [-0.15, -0.1) is 0 Å². The molecule has 0 aromatic rings. The summed E-state index contributed by atoms with van der Waals surface area (Å²) in [5.41, 5.74) is 0. The molecular formula is C67H106O6. The highest BCUT2D eigenvalue weighted by Gasteiger charge is 2.19. The molecule has 0 aromatic heterocycles. The van der Waals surface area contributed by atoms with Gasteiger partial charge in [0.25, 0.3) is 0 Å². The molecule has 0 aromatic carbocycles. The van der Waals surface area contributed by atoms with Crippen molar-refractivity contribution in [2.24, 2.45) is 0 Å². The normalized spacial score (nSPS) is 13.2. The summed E-state index contributed by atoms with van der Waals surface area (Å²) in [6, 6.07) is 0. The van der Waals surface area contributed by atoms with Crippen molar-refractivity contribution in [3.8, 4) is 0 Å². The number of hydrogen-bond acceptors (Lipinski definition) is 6. The molecule has 0 aliphatic heterocycles. The smallest absolute Gasteiger partial charge is 0.306 e. The number of carbonyl (C=O) groups excluding carboxylic acids is 3. The van der Waals surface area contributed by atoms with Crippen LogP contribution in [0.4, 0.5) is 0 Å². The Balaban J connectivity index is 4.37. The summed E-state index contributed by atoms with van der Waals surface area (Å²) in [6.45, 7) is 6.21. The van der Waals surface area contributed by atoms with Gasteiger partial charge in [0.1, 0.15) is 13.2 Å². The van der Waals surface area contributed by atoms with Crippen LogP contribution in [-0.4, -0.2) is 37.2 Å². The first kappa shape index (κ1) is 68.3. The summed E-state index contributed by atoms with van der Waals surface area (Å²) in [5, 5.41) is 0. The van der Waals surface area contributed by atoms with Crippen LogP contribution in [0.25, 0.3) is 0 Å². The Hall–Kier alpha value is -4.71. The minimum Gasteiger partial charge on any atom is -0.462 e. The van der Waals surface area contributed by atoms with Crippen molar-refractivity contribution in [3.63, 3.8) is 0 Å². The Morgan fingerprint density at radius 1 is 0.274 bits per heavy atom. The number of unbranched alkanes of at least 4 members (excludes halogenated alkanes) is 16. The molecule has 1 atom stereocenters. The third kappa shape index (κ3) is 58.1. The Morgan fingerprint density at radius 3 is 0.849 bits per heavy atom. The summed E-state index contributed by atoms with van der Waals surface area (Å²) in [4.78, 5) is 38.1. The maximum atomic E-state index is 12.8. The predicted octanol–water partition coefficient (Wildman–Crippen LogP) is 20.0. The molecule has 0 heterocycles. The quantitative estimate of drug-likeness (QED) is 0.0261. The molecule has 0 aliphatic rings. The van der Waals surface area contributed by atoms with Crippen molar-refractivity contribution in [2.75, 3.05) is 13.2 Å². The molecule has 0 saturated carbocycles. The van der Waals surface area contributed by atoms with E-state index in [-0.39, 0.29) is 44.0 Å². The van der Waals surface area contributed by atoms with Gasteiger partial charge in [0, 0.05) is 19.3 Å². The van der Waals surface area contributed by atoms with Crippen LogP contribution in [0.15, 0.2) is 146 Å². The standard InChI is InChI=1S/C67H106O6/c1-4-7-10-13-16-19-22-25-27-28-29-30-31-32-33-34-35-36-37-38-40-42-45-48-51-54-57-60-66(69)72-63-64(62-71-65(68)59-56-53-50-47-44-41-24-21-18-15-12-9-6-3)73-67(70)61-58-55-52-49-46-43-39-26-23-20-17-14-11-8-5-2/h7-12,16-21,25-27,29-30,32-33,39,41,44,50,53,64H,4-6,13-15,22-24,28,31,34-38,40,42-43,45-49,51-52,54-63H2,1-3H3/b10-7-,11-8-,12-9-,19-16-,20-17-,21-18-,27-25-,30-29-,33-32-,39-26-,44-41-,53-50-. The molecular weight excluding hydrogens is 901 g/mol. The molecule has 0 bridgehead atoms. The van der Waals surface area contributed by atoms with Crippen molar-refractivity contribution in [1.82, 2.24) is 0 Å². The summed E-state index contributed by atoms with van der Waals surface area (Å²) in [6.07, 6.45) is 85.8. The van der Waals surface area contributed by atoms with E-state index >= 15 is 0 Å². The molecule has 0 radical (unpaired) electrons. The van der Waals surface area contributed by atoms with E-state index in [2.05, 4.69) is 154 Å². The molecule has 0 N–H and O–H groups in total.